The molecule has 1 saturated heterocycles. The number of hydrogen-bond acceptors (Lipinski definition) is 4. The van der Waals surface area contributed by atoms with Crippen molar-refractivity contribution in [1.29, 1.82) is 0 Å². The highest BCUT2D eigenvalue weighted by Gasteiger charge is 2.30. The molecular formula is C23H22F3N3O2. The lowest BCUT2D eigenvalue weighted by Gasteiger charge is -2.34. The van der Waals surface area contributed by atoms with Crippen LogP contribution in [0.2, 0.25) is 0 Å². The summed E-state index contributed by atoms with van der Waals surface area (Å²) in [6.07, 6.45) is -4.33. The standard InChI is InChI=1S/C23H22F3N3O2/c1-31-19-7-9-20-17(14-19)4-8-21(27-20)22(30)29-12-10-28(11-13-29)15-16-2-5-18(6-3-16)23(24,25)26/h2-9,14H,10-13,15H2,1H3. The topological polar surface area (TPSA) is 45.7 Å². The van der Waals surface area contributed by atoms with E-state index < -0.39 is 11.7 Å². The maximum Gasteiger partial charge on any atom is 0.416 e. The Morgan fingerprint density at radius 1 is 1.00 bits per heavy atom. The van der Waals surface area contributed by atoms with Crippen molar-refractivity contribution < 1.29 is 22.7 Å². The van der Waals surface area contributed by atoms with Crippen molar-refractivity contribution in [2.75, 3.05) is 33.3 Å². The minimum absolute atomic E-state index is 0.119. The predicted molar refractivity (Wildman–Crippen MR) is 111 cm³/mol. The molecule has 1 amide bonds. The fraction of sp³-hybridized carbons (Fsp3) is 0.304. The number of alkyl halides is 3. The van der Waals surface area contributed by atoms with Crippen LogP contribution in [-0.4, -0.2) is 54.0 Å². The highest BCUT2D eigenvalue weighted by atomic mass is 19.4. The first-order valence-electron chi connectivity index (χ1n) is 9.96. The van der Waals surface area contributed by atoms with Gasteiger partial charge < -0.3 is 9.64 Å². The number of amides is 1. The number of rotatable bonds is 4. The summed E-state index contributed by atoms with van der Waals surface area (Å²) < 4.78 is 43.3. The molecule has 1 aliphatic heterocycles. The van der Waals surface area contributed by atoms with Gasteiger partial charge in [-0.1, -0.05) is 18.2 Å². The van der Waals surface area contributed by atoms with Crippen LogP contribution in [0.15, 0.2) is 54.6 Å². The number of ether oxygens (including phenoxy) is 1. The number of nitrogens with zero attached hydrogens (tertiary/aromatic N) is 3. The lowest BCUT2D eigenvalue weighted by Crippen LogP contribution is -2.48. The fourth-order valence-electron chi connectivity index (χ4n) is 3.68. The molecule has 0 bridgehead atoms. The molecule has 1 aliphatic rings. The second kappa shape index (κ2) is 8.55. The van der Waals surface area contributed by atoms with Gasteiger partial charge in [0.05, 0.1) is 18.2 Å². The van der Waals surface area contributed by atoms with Crippen LogP contribution in [0.4, 0.5) is 13.2 Å². The minimum Gasteiger partial charge on any atom is -0.497 e. The van der Waals surface area contributed by atoms with Crippen LogP contribution in [0.1, 0.15) is 21.6 Å². The first-order chi connectivity index (χ1) is 14.8. The summed E-state index contributed by atoms with van der Waals surface area (Å²) >= 11 is 0. The number of benzene rings is 2. The molecule has 0 atom stereocenters. The molecule has 3 aromatic rings. The molecule has 4 rings (SSSR count). The number of piperazine rings is 1. The molecule has 0 aliphatic carbocycles. The van der Waals surface area contributed by atoms with Gasteiger partial charge in [-0.25, -0.2) is 4.98 Å². The van der Waals surface area contributed by atoms with E-state index in [0.717, 1.165) is 34.3 Å². The highest BCUT2D eigenvalue weighted by molar-refractivity contribution is 5.95. The van der Waals surface area contributed by atoms with Crippen LogP contribution in [0.25, 0.3) is 10.9 Å². The predicted octanol–water partition coefficient (Wildman–Crippen LogP) is 4.22. The van der Waals surface area contributed by atoms with Crippen molar-refractivity contribution in [1.82, 2.24) is 14.8 Å². The van der Waals surface area contributed by atoms with Gasteiger partial charge in [-0.3, -0.25) is 9.69 Å². The quantitative estimate of drug-likeness (QED) is 0.623. The fourth-order valence-corrected chi connectivity index (χ4v) is 3.68. The molecule has 0 unspecified atom stereocenters. The minimum atomic E-state index is -4.33. The molecule has 2 aromatic carbocycles. The average Bonchev–Trinajstić information content (AvgIpc) is 2.78. The van der Waals surface area contributed by atoms with Crippen LogP contribution in [-0.2, 0) is 12.7 Å². The van der Waals surface area contributed by atoms with E-state index >= 15 is 0 Å². The number of fused-ring (bicyclic) bond motifs is 1. The Kier molecular flexibility index (Phi) is 5.82. The van der Waals surface area contributed by atoms with E-state index in [-0.39, 0.29) is 5.91 Å². The van der Waals surface area contributed by atoms with E-state index in [9.17, 15) is 18.0 Å². The number of carbonyl (C=O) groups excluding carboxylic acids is 1. The van der Waals surface area contributed by atoms with Crippen molar-refractivity contribution in [2.24, 2.45) is 0 Å². The Morgan fingerprint density at radius 3 is 2.35 bits per heavy atom. The Hall–Kier alpha value is -3.13. The maximum atomic E-state index is 12.9. The number of pyridine rings is 1. The number of hydrogen-bond donors (Lipinski definition) is 0. The van der Waals surface area contributed by atoms with Crippen LogP contribution in [0.5, 0.6) is 5.75 Å². The first kappa shape index (κ1) is 21.1. The van der Waals surface area contributed by atoms with Gasteiger partial charge in [0.2, 0.25) is 0 Å². The molecule has 0 radical (unpaired) electrons. The van der Waals surface area contributed by atoms with Gasteiger partial charge in [0.1, 0.15) is 11.4 Å². The molecule has 162 valence electrons. The maximum absolute atomic E-state index is 12.9. The third-order valence-electron chi connectivity index (χ3n) is 5.46. The van der Waals surface area contributed by atoms with Gasteiger partial charge in [0.15, 0.2) is 0 Å². The molecule has 1 aromatic heterocycles. The number of carbonyl (C=O) groups is 1. The lowest BCUT2D eigenvalue weighted by molar-refractivity contribution is -0.137. The Balaban J connectivity index is 1.36. The molecule has 31 heavy (non-hydrogen) atoms. The Bertz CT molecular complexity index is 1080. The van der Waals surface area contributed by atoms with Crippen LogP contribution in [0.3, 0.4) is 0 Å². The SMILES string of the molecule is COc1ccc2nc(C(=O)N3CCN(Cc4ccc(C(F)(F)F)cc4)CC3)ccc2c1. The monoisotopic (exact) mass is 429 g/mol. The van der Waals surface area contributed by atoms with Crippen LogP contribution < -0.4 is 4.74 Å². The third-order valence-corrected chi connectivity index (χ3v) is 5.46. The smallest absolute Gasteiger partial charge is 0.416 e. The second-order valence-electron chi connectivity index (χ2n) is 7.52. The van der Waals surface area contributed by atoms with Crippen molar-refractivity contribution in [3.63, 3.8) is 0 Å². The van der Waals surface area contributed by atoms with Gasteiger partial charge in [0, 0.05) is 38.1 Å². The summed E-state index contributed by atoms with van der Waals surface area (Å²) in [5.74, 6) is 0.615. The zero-order chi connectivity index (χ0) is 22.0. The van der Waals surface area contributed by atoms with E-state index in [1.807, 2.05) is 24.3 Å². The molecule has 5 nitrogen and oxygen atoms in total. The second-order valence-corrected chi connectivity index (χ2v) is 7.52. The summed E-state index contributed by atoms with van der Waals surface area (Å²) in [5.41, 5.74) is 1.30. The Morgan fingerprint density at radius 2 is 1.71 bits per heavy atom. The molecule has 0 saturated carbocycles. The van der Waals surface area contributed by atoms with E-state index in [4.69, 9.17) is 4.74 Å². The van der Waals surface area contributed by atoms with Crippen molar-refractivity contribution in [3.8, 4) is 5.75 Å². The molecule has 0 spiro atoms. The molecule has 0 N–H and O–H groups in total. The number of halogens is 3. The molecule has 8 heteroatoms. The number of methoxy groups -OCH3 is 1. The molecule has 1 fully saturated rings. The van der Waals surface area contributed by atoms with E-state index in [1.165, 1.54) is 12.1 Å². The van der Waals surface area contributed by atoms with Crippen molar-refractivity contribution in [2.45, 2.75) is 12.7 Å². The third kappa shape index (κ3) is 4.80. The number of aromatic nitrogens is 1. The lowest BCUT2D eigenvalue weighted by atomic mass is 10.1. The summed E-state index contributed by atoms with van der Waals surface area (Å²) in [6.45, 7) is 2.94. The Labute approximate surface area is 178 Å². The molecular weight excluding hydrogens is 407 g/mol. The van der Waals surface area contributed by atoms with Crippen molar-refractivity contribution in [3.05, 3.63) is 71.4 Å². The van der Waals surface area contributed by atoms with E-state index in [0.29, 0.717) is 38.4 Å². The zero-order valence-electron chi connectivity index (χ0n) is 17.0. The van der Waals surface area contributed by atoms with Gasteiger partial charge in [-0.15, -0.1) is 0 Å². The molecule has 2 heterocycles. The highest BCUT2D eigenvalue weighted by Crippen LogP contribution is 2.29. The zero-order valence-corrected chi connectivity index (χ0v) is 17.0. The van der Waals surface area contributed by atoms with Gasteiger partial charge in [-0.2, -0.15) is 13.2 Å². The largest absolute Gasteiger partial charge is 0.497 e. The summed E-state index contributed by atoms with van der Waals surface area (Å²) in [6, 6.07) is 14.3. The first-order valence-corrected chi connectivity index (χ1v) is 9.96. The van der Waals surface area contributed by atoms with Crippen molar-refractivity contribution >= 4 is 16.8 Å². The summed E-state index contributed by atoms with van der Waals surface area (Å²) in [5, 5.41) is 0.900. The van der Waals surface area contributed by atoms with Crippen LogP contribution in [0, 0.1) is 0 Å². The van der Waals surface area contributed by atoms with Gasteiger partial charge in [0.25, 0.3) is 5.91 Å². The van der Waals surface area contributed by atoms with E-state index in [1.54, 1.807) is 18.1 Å². The van der Waals surface area contributed by atoms with E-state index in [2.05, 4.69) is 9.88 Å². The van der Waals surface area contributed by atoms with Gasteiger partial charge >= 0.3 is 6.18 Å². The average molecular weight is 429 g/mol. The summed E-state index contributed by atoms with van der Waals surface area (Å²) in [4.78, 5) is 21.3. The summed E-state index contributed by atoms with van der Waals surface area (Å²) in [7, 11) is 1.60. The normalized spacial score (nSPS) is 15.3. The van der Waals surface area contributed by atoms with Crippen LogP contribution >= 0.6 is 0 Å². The van der Waals surface area contributed by atoms with Gasteiger partial charge in [-0.05, 0) is 42.0 Å².